The standard InChI is InChI=1S/C14H29N3O2/c1-3-16-14(18)6-10-17-8-4-13(5-9-17)12-15-7-11-19-2/h13,15H,3-12H2,1-2H3,(H,16,18). The Kier molecular flexibility index (Phi) is 8.79. The number of methoxy groups -OCH3 is 1. The van der Waals surface area contributed by atoms with Crippen molar-refractivity contribution in [1.29, 1.82) is 0 Å². The first kappa shape index (κ1) is 16.4. The van der Waals surface area contributed by atoms with E-state index in [1.54, 1.807) is 7.11 Å². The quantitative estimate of drug-likeness (QED) is 0.598. The van der Waals surface area contributed by atoms with E-state index >= 15 is 0 Å². The first-order chi connectivity index (χ1) is 9.26. The van der Waals surface area contributed by atoms with Crippen LogP contribution >= 0.6 is 0 Å². The molecule has 5 heteroatoms. The maximum atomic E-state index is 11.4. The summed E-state index contributed by atoms with van der Waals surface area (Å²) in [6.07, 6.45) is 3.09. The topological polar surface area (TPSA) is 53.6 Å². The van der Waals surface area contributed by atoms with E-state index in [4.69, 9.17) is 4.74 Å². The zero-order valence-electron chi connectivity index (χ0n) is 12.4. The van der Waals surface area contributed by atoms with Gasteiger partial charge < -0.3 is 20.3 Å². The molecule has 1 saturated heterocycles. The molecule has 0 atom stereocenters. The van der Waals surface area contributed by atoms with Crippen LogP contribution in [0.2, 0.25) is 0 Å². The van der Waals surface area contributed by atoms with E-state index in [1.165, 1.54) is 12.8 Å². The molecule has 1 heterocycles. The molecule has 0 saturated carbocycles. The Balaban J connectivity index is 2.03. The molecule has 1 aliphatic rings. The Bertz CT molecular complexity index is 241. The van der Waals surface area contributed by atoms with Gasteiger partial charge in [0.1, 0.15) is 0 Å². The van der Waals surface area contributed by atoms with Crippen LogP contribution in [0.15, 0.2) is 0 Å². The summed E-state index contributed by atoms with van der Waals surface area (Å²) in [5.41, 5.74) is 0. The van der Waals surface area contributed by atoms with Gasteiger partial charge in [0.25, 0.3) is 0 Å². The molecule has 0 radical (unpaired) electrons. The van der Waals surface area contributed by atoms with Crippen molar-refractivity contribution in [2.45, 2.75) is 26.2 Å². The third kappa shape index (κ3) is 7.50. The maximum absolute atomic E-state index is 11.4. The smallest absolute Gasteiger partial charge is 0.221 e. The van der Waals surface area contributed by atoms with E-state index in [0.717, 1.165) is 51.8 Å². The predicted molar refractivity (Wildman–Crippen MR) is 77.2 cm³/mol. The molecule has 1 amide bonds. The lowest BCUT2D eigenvalue weighted by molar-refractivity contribution is -0.121. The zero-order valence-corrected chi connectivity index (χ0v) is 12.4. The average molecular weight is 271 g/mol. The van der Waals surface area contributed by atoms with Crippen molar-refractivity contribution >= 4 is 5.91 Å². The molecular weight excluding hydrogens is 242 g/mol. The van der Waals surface area contributed by atoms with Crippen LogP contribution in [0.5, 0.6) is 0 Å². The Hall–Kier alpha value is -0.650. The molecule has 0 aliphatic carbocycles. The van der Waals surface area contributed by atoms with E-state index in [9.17, 15) is 4.79 Å². The molecule has 112 valence electrons. The van der Waals surface area contributed by atoms with Crippen LogP contribution in [0.25, 0.3) is 0 Å². The summed E-state index contributed by atoms with van der Waals surface area (Å²) in [5, 5.41) is 6.28. The van der Waals surface area contributed by atoms with Crippen molar-refractivity contribution in [3.05, 3.63) is 0 Å². The molecule has 0 aromatic rings. The Morgan fingerprint density at radius 2 is 2.11 bits per heavy atom. The number of nitrogens with one attached hydrogen (secondary N) is 2. The molecule has 0 aromatic carbocycles. The highest BCUT2D eigenvalue weighted by atomic mass is 16.5. The number of carbonyl (C=O) groups is 1. The van der Waals surface area contributed by atoms with E-state index in [1.807, 2.05) is 6.92 Å². The van der Waals surface area contributed by atoms with Crippen molar-refractivity contribution in [3.63, 3.8) is 0 Å². The van der Waals surface area contributed by atoms with Gasteiger partial charge in [-0.15, -0.1) is 0 Å². The molecule has 5 nitrogen and oxygen atoms in total. The van der Waals surface area contributed by atoms with Crippen LogP contribution in [-0.4, -0.2) is 63.8 Å². The van der Waals surface area contributed by atoms with Gasteiger partial charge in [-0.1, -0.05) is 0 Å². The van der Waals surface area contributed by atoms with Crippen LogP contribution in [-0.2, 0) is 9.53 Å². The normalized spacial score (nSPS) is 17.6. The Morgan fingerprint density at radius 1 is 1.37 bits per heavy atom. The van der Waals surface area contributed by atoms with E-state index in [0.29, 0.717) is 6.42 Å². The number of rotatable bonds is 9. The first-order valence-electron chi connectivity index (χ1n) is 7.45. The monoisotopic (exact) mass is 271 g/mol. The van der Waals surface area contributed by atoms with Gasteiger partial charge in [-0.2, -0.15) is 0 Å². The largest absolute Gasteiger partial charge is 0.383 e. The van der Waals surface area contributed by atoms with E-state index in [2.05, 4.69) is 15.5 Å². The summed E-state index contributed by atoms with van der Waals surface area (Å²) in [5.74, 6) is 0.948. The van der Waals surface area contributed by atoms with Crippen molar-refractivity contribution in [3.8, 4) is 0 Å². The molecule has 0 aromatic heterocycles. The summed E-state index contributed by atoms with van der Waals surface area (Å²) in [4.78, 5) is 13.8. The molecular formula is C14H29N3O2. The van der Waals surface area contributed by atoms with Gasteiger partial charge in [0.05, 0.1) is 6.61 Å². The molecule has 1 fully saturated rings. The van der Waals surface area contributed by atoms with E-state index < -0.39 is 0 Å². The first-order valence-corrected chi connectivity index (χ1v) is 7.45. The predicted octanol–water partition coefficient (Wildman–Crippen LogP) is 0.461. The van der Waals surface area contributed by atoms with Crippen molar-refractivity contribution in [2.75, 3.05) is 53.0 Å². The highest BCUT2D eigenvalue weighted by Gasteiger charge is 2.18. The number of ether oxygens (including phenoxy) is 1. The second-order valence-electron chi connectivity index (χ2n) is 5.19. The van der Waals surface area contributed by atoms with Crippen LogP contribution in [0.4, 0.5) is 0 Å². The lowest BCUT2D eigenvalue weighted by Crippen LogP contribution is -2.39. The molecule has 0 bridgehead atoms. The van der Waals surface area contributed by atoms with Gasteiger partial charge in [0, 0.05) is 33.2 Å². The van der Waals surface area contributed by atoms with Gasteiger partial charge in [-0.3, -0.25) is 4.79 Å². The van der Waals surface area contributed by atoms with E-state index in [-0.39, 0.29) is 5.91 Å². The summed E-state index contributed by atoms with van der Waals surface area (Å²) in [7, 11) is 1.73. The van der Waals surface area contributed by atoms with Crippen LogP contribution in [0.1, 0.15) is 26.2 Å². The third-order valence-electron chi connectivity index (χ3n) is 3.65. The van der Waals surface area contributed by atoms with Crippen LogP contribution in [0, 0.1) is 5.92 Å². The van der Waals surface area contributed by atoms with Crippen LogP contribution < -0.4 is 10.6 Å². The number of nitrogens with zero attached hydrogens (tertiary/aromatic N) is 1. The van der Waals surface area contributed by atoms with Gasteiger partial charge in [-0.25, -0.2) is 0 Å². The number of amides is 1. The van der Waals surface area contributed by atoms with Gasteiger partial charge in [0.2, 0.25) is 5.91 Å². The third-order valence-corrected chi connectivity index (χ3v) is 3.65. The minimum atomic E-state index is 0.172. The lowest BCUT2D eigenvalue weighted by atomic mass is 9.96. The average Bonchev–Trinajstić information content (AvgIpc) is 2.43. The molecule has 0 unspecified atom stereocenters. The minimum absolute atomic E-state index is 0.172. The number of hydrogen-bond acceptors (Lipinski definition) is 4. The fourth-order valence-corrected chi connectivity index (χ4v) is 2.44. The Morgan fingerprint density at radius 3 is 2.74 bits per heavy atom. The van der Waals surface area contributed by atoms with Gasteiger partial charge in [0.15, 0.2) is 0 Å². The van der Waals surface area contributed by atoms with Crippen LogP contribution in [0.3, 0.4) is 0 Å². The highest BCUT2D eigenvalue weighted by molar-refractivity contribution is 5.75. The molecule has 1 rings (SSSR count). The molecule has 2 N–H and O–H groups in total. The minimum Gasteiger partial charge on any atom is -0.383 e. The van der Waals surface area contributed by atoms with Crippen molar-refractivity contribution < 1.29 is 9.53 Å². The highest BCUT2D eigenvalue weighted by Crippen LogP contribution is 2.16. The van der Waals surface area contributed by atoms with Crippen molar-refractivity contribution in [2.24, 2.45) is 5.92 Å². The second kappa shape index (κ2) is 10.2. The lowest BCUT2D eigenvalue weighted by Gasteiger charge is -2.31. The summed E-state index contributed by atoms with van der Waals surface area (Å²) in [6, 6.07) is 0. The number of piperidine rings is 1. The SMILES string of the molecule is CCNC(=O)CCN1CCC(CNCCOC)CC1. The summed E-state index contributed by atoms with van der Waals surface area (Å²) >= 11 is 0. The fourth-order valence-electron chi connectivity index (χ4n) is 2.44. The molecule has 0 spiro atoms. The number of hydrogen-bond donors (Lipinski definition) is 2. The Labute approximate surface area is 117 Å². The van der Waals surface area contributed by atoms with Gasteiger partial charge in [-0.05, 0) is 45.3 Å². The summed E-state index contributed by atoms with van der Waals surface area (Å²) < 4.78 is 5.01. The summed E-state index contributed by atoms with van der Waals surface area (Å²) in [6.45, 7) is 8.64. The molecule has 19 heavy (non-hydrogen) atoms. The fraction of sp³-hybridized carbons (Fsp3) is 0.929. The number of likely N-dealkylation sites (tertiary alicyclic amines) is 1. The second-order valence-corrected chi connectivity index (χ2v) is 5.19. The molecule has 1 aliphatic heterocycles. The van der Waals surface area contributed by atoms with Gasteiger partial charge >= 0.3 is 0 Å². The van der Waals surface area contributed by atoms with Crippen molar-refractivity contribution in [1.82, 2.24) is 15.5 Å². The number of carbonyl (C=O) groups excluding carboxylic acids is 1. The maximum Gasteiger partial charge on any atom is 0.221 e. The zero-order chi connectivity index (χ0) is 13.9.